The third kappa shape index (κ3) is 3.38. The van der Waals surface area contributed by atoms with E-state index in [0.717, 1.165) is 11.1 Å². The van der Waals surface area contributed by atoms with Crippen molar-refractivity contribution in [2.24, 2.45) is 11.0 Å². The van der Waals surface area contributed by atoms with Crippen molar-refractivity contribution < 1.29 is 9.90 Å². The van der Waals surface area contributed by atoms with Crippen molar-refractivity contribution in [2.75, 3.05) is 0 Å². The van der Waals surface area contributed by atoms with Crippen LogP contribution in [0.25, 0.3) is 0 Å². The molecule has 0 aliphatic heterocycles. The average Bonchev–Trinajstić information content (AvgIpc) is 2.20. The molecule has 86 valence electrons. The largest absolute Gasteiger partial charge is 0.508 e. The molecule has 0 aliphatic carbocycles. The van der Waals surface area contributed by atoms with Crippen LogP contribution in [0.1, 0.15) is 25.0 Å². The maximum Gasteiger partial charge on any atom is 0.242 e. The van der Waals surface area contributed by atoms with Crippen molar-refractivity contribution in [3.63, 3.8) is 0 Å². The minimum absolute atomic E-state index is 0.0851. The molecule has 0 spiro atoms. The summed E-state index contributed by atoms with van der Waals surface area (Å²) in [6.07, 6.45) is 1.56. The summed E-state index contributed by atoms with van der Waals surface area (Å²) in [5, 5.41) is 13.1. The van der Waals surface area contributed by atoms with Gasteiger partial charge in [-0.15, -0.1) is 0 Å². The summed E-state index contributed by atoms with van der Waals surface area (Å²) in [4.78, 5) is 11.2. The Morgan fingerprint density at radius 3 is 2.75 bits per heavy atom. The van der Waals surface area contributed by atoms with Crippen LogP contribution >= 0.6 is 0 Å². The number of benzene rings is 1. The first kappa shape index (κ1) is 12.2. The van der Waals surface area contributed by atoms with Gasteiger partial charge in [-0.25, -0.2) is 5.43 Å². The van der Waals surface area contributed by atoms with Gasteiger partial charge in [0.2, 0.25) is 5.91 Å². The fourth-order valence-corrected chi connectivity index (χ4v) is 1.10. The fourth-order valence-electron chi connectivity index (χ4n) is 1.10. The molecule has 0 atom stereocenters. The topological polar surface area (TPSA) is 61.7 Å². The molecule has 0 heterocycles. The third-order valence-corrected chi connectivity index (χ3v) is 2.16. The molecule has 1 rings (SSSR count). The molecule has 0 bridgehead atoms. The number of aryl methyl sites for hydroxylation is 1. The maximum absolute atomic E-state index is 11.2. The first-order chi connectivity index (χ1) is 7.50. The van der Waals surface area contributed by atoms with E-state index in [4.69, 9.17) is 0 Å². The highest BCUT2D eigenvalue weighted by Gasteiger charge is 2.03. The molecule has 4 nitrogen and oxygen atoms in total. The van der Waals surface area contributed by atoms with E-state index in [0.29, 0.717) is 0 Å². The van der Waals surface area contributed by atoms with E-state index in [-0.39, 0.29) is 17.6 Å². The van der Waals surface area contributed by atoms with Crippen molar-refractivity contribution in [2.45, 2.75) is 20.8 Å². The number of hydrogen-bond acceptors (Lipinski definition) is 3. The fraction of sp³-hybridized carbons (Fsp3) is 0.333. The number of nitrogens with zero attached hydrogens (tertiary/aromatic N) is 1. The molecule has 0 unspecified atom stereocenters. The molecule has 16 heavy (non-hydrogen) atoms. The Kier molecular flexibility index (Phi) is 4.05. The summed E-state index contributed by atoms with van der Waals surface area (Å²) in [6.45, 7) is 5.47. The van der Waals surface area contributed by atoms with Crippen LogP contribution in [0.3, 0.4) is 0 Å². The van der Waals surface area contributed by atoms with Gasteiger partial charge in [0.25, 0.3) is 0 Å². The van der Waals surface area contributed by atoms with Crippen LogP contribution < -0.4 is 5.43 Å². The third-order valence-electron chi connectivity index (χ3n) is 2.16. The van der Waals surface area contributed by atoms with Gasteiger partial charge < -0.3 is 5.11 Å². The molecule has 1 aromatic carbocycles. The highest BCUT2D eigenvalue weighted by Crippen LogP contribution is 2.13. The average molecular weight is 220 g/mol. The molecule has 1 amide bonds. The second-order valence-electron chi connectivity index (χ2n) is 3.93. The first-order valence-electron chi connectivity index (χ1n) is 5.13. The SMILES string of the molecule is Cc1cc(O)ccc1C=NNC(=O)C(C)C. The van der Waals surface area contributed by atoms with Gasteiger partial charge in [-0.1, -0.05) is 13.8 Å². The van der Waals surface area contributed by atoms with Crippen molar-refractivity contribution in [3.8, 4) is 5.75 Å². The second-order valence-corrected chi connectivity index (χ2v) is 3.93. The molecule has 0 aromatic heterocycles. The van der Waals surface area contributed by atoms with E-state index in [1.807, 2.05) is 6.92 Å². The smallest absolute Gasteiger partial charge is 0.242 e. The van der Waals surface area contributed by atoms with Gasteiger partial charge in [0, 0.05) is 5.92 Å². The van der Waals surface area contributed by atoms with Crippen LogP contribution in [0.4, 0.5) is 0 Å². The zero-order valence-corrected chi connectivity index (χ0v) is 9.69. The lowest BCUT2D eigenvalue weighted by Gasteiger charge is -2.03. The molecular formula is C12H16N2O2. The quantitative estimate of drug-likeness (QED) is 0.602. The Morgan fingerprint density at radius 1 is 1.50 bits per heavy atom. The number of phenols is 1. The summed E-state index contributed by atoms with van der Waals surface area (Å²) >= 11 is 0. The summed E-state index contributed by atoms with van der Waals surface area (Å²) in [6, 6.07) is 4.97. The standard InChI is InChI=1S/C12H16N2O2/c1-8(2)12(16)14-13-7-10-4-5-11(15)6-9(10)3/h4-8,15H,1-3H3,(H,14,16). The number of aromatic hydroxyl groups is 1. The number of amides is 1. The van der Waals surface area contributed by atoms with Gasteiger partial charge >= 0.3 is 0 Å². The maximum atomic E-state index is 11.2. The number of phenolic OH excluding ortho intramolecular Hbond substituents is 1. The predicted octanol–water partition coefficient (Wildman–Crippen LogP) is 1.81. The summed E-state index contributed by atoms with van der Waals surface area (Å²) < 4.78 is 0. The molecular weight excluding hydrogens is 204 g/mol. The number of carbonyl (C=O) groups excluding carboxylic acids is 1. The number of carbonyl (C=O) groups is 1. The number of rotatable bonds is 3. The van der Waals surface area contributed by atoms with Crippen LogP contribution in [-0.2, 0) is 4.79 Å². The molecule has 0 radical (unpaired) electrons. The van der Waals surface area contributed by atoms with Gasteiger partial charge in [0.1, 0.15) is 5.75 Å². The highest BCUT2D eigenvalue weighted by atomic mass is 16.3. The molecule has 0 saturated carbocycles. The van der Waals surface area contributed by atoms with Crippen molar-refractivity contribution >= 4 is 12.1 Å². The normalized spacial score (nSPS) is 11.0. The monoisotopic (exact) mass is 220 g/mol. The predicted molar refractivity (Wildman–Crippen MR) is 63.4 cm³/mol. The van der Waals surface area contributed by atoms with Gasteiger partial charge in [0.05, 0.1) is 6.21 Å². The second kappa shape index (κ2) is 5.30. The summed E-state index contributed by atoms with van der Waals surface area (Å²) in [5.41, 5.74) is 4.21. The molecule has 0 fully saturated rings. The summed E-state index contributed by atoms with van der Waals surface area (Å²) in [7, 11) is 0. The minimum Gasteiger partial charge on any atom is -0.508 e. The van der Waals surface area contributed by atoms with Crippen LogP contribution in [0.5, 0.6) is 5.75 Å². The Hall–Kier alpha value is -1.84. The van der Waals surface area contributed by atoms with Crippen LogP contribution in [0.2, 0.25) is 0 Å². The Bertz CT molecular complexity index is 411. The summed E-state index contributed by atoms with van der Waals surface area (Å²) in [5.74, 6) is 0.0200. The zero-order chi connectivity index (χ0) is 12.1. The van der Waals surface area contributed by atoms with Crippen molar-refractivity contribution in [1.82, 2.24) is 5.43 Å². The lowest BCUT2D eigenvalue weighted by atomic mass is 10.1. The van der Waals surface area contributed by atoms with Gasteiger partial charge in [-0.3, -0.25) is 4.79 Å². The van der Waals surface area contributed by atoms with E-state index >= 15 is 0 Å². The minimum atomic E-state index is -0.118. The number of hydrazone groups is 1. The van der Waals surface area contributed by atoms with Crippen LogP contribution in [-0.4, -0.2) is 17.2 Å². The number of hydrogen-bond donors (Lipinski definition) is 2. The van der Waals surface area contributed by atoms with Crippen LogP contribution in [0, 0.1) is 12.8 Å². The van der Waals surface area contributed by atoms with Gasteiger partial charge in [-0.05, 0) is 36.2 Å². The van der Waals surface area contributed by atoms with Gasteiger partial charge in [-0.2, -0.15) is 5.10 Å². The molecule has 2 N–H and O–H groups in total. The Morgan fingerprint density at radius 2 is 2.19 bits per heavy atom. The lowest BCUT2D eigenvalue weighted by Crippen LogP contribution is -2.22. The first-order valence-corrected chi connectivity index (χ1v) is 5.13. The van der Waals surface area contributed by atoms with Crippen LogP contribution in [0.15, 0.2) is 23.3 Å². The van der Waals surface area contributed by atoms with E-state index in [1.165, 1.54) is 0 Å². The van der Waals surface area contributed by atoms with E-state index in [2.05, 4.69) is 10.5 Å². The lowest BCUT2D eigenvalue weighted by molar-refractivity contribution is -0.123. The van der Waals surface area contributed by atoms with E-state index in [9.17, 15) is 9.90 Å². The van der Waals surface area contributed by atoms with E-state index in [1.54, 1.807) is 38.3 Å². The van der Waals surface area contributed by atoms with Crippen molar-refractivity contribution in [1.29, 1.82) is 0 Å². The Balaban J connectivity index is 2.66. The van der Waals surface area contributed by atoms with E-state index < -0.39 is 0 Å². The molecule has 1 aromatic rings. The van der Waals surface area contributed by atoms with Crippen molar-refractivity contribution in [3.05, 3.63) is 29.3 Å². The van der Waals surface area contributed by atoms with Gasteiger partial charge in [0.15, 0.2) is 0 Å². The molecule has 0 saturated heterocycles. The highest BCUT2D eigenvalue weighted by molar-refractivity contribution is 5.84. The molecule has 4 heteroatoms. The molecule has 0 aliphatic rings. The Labute approximate surface area is 95.0 Å². The zero-order valence-electron chi connectivity index (χ0n) is 9.69. The number of nitrogens with one attached hydrogen (secondary N) is 1.